The Morgan fingerprint density at radius 2 is 1.82 bits per heavy atom. The number of aryl methyl sites for hydroxylation is 1. The summed E-state index contributed by atoms with van der Waals surface area (Å²) in [6, 6.07) is 19.2. The zero-order valence-corrected chi connectivity index (χ0v) is 19.3. The van der Waals surface area contributed by atoms with Crippen LogP contribution in [0.3, 0.4) is 0 Å². The molecule has 0 spiro atoms. The van der Waals surface area contributed by atoms with Crippen molar-refractivity contribution in [3.63, 3.8) is 0 Å². The number of benzene rings is 3. The summed E-state index contributed by atoms with van der Waals surface area (Å²) >= 11 is 11.4. The fourth-order valence-electron chi connectivity index (χ4n) is 3.31. The van der Waals surface area contributed by atoms with Gasteiger partial charge in [-0.05, 0) is 61.1 Å². The van der Waals surface area contributed by atoms with Gasteiger partial charge in [-0.3, -0.25) is 10.1 Å². The van der Waals surface area contributed by atoms with Gasteiger partial charge in [0.1, 0.15) is 11.3 Å². The minimum absolute atomic E-state index is 0.108. The maximum Gasteiger partial charge on any atom is 0.344 e. The summed E-state index contributed by atoms with van der Waals surface area (Å²) in [6.07, 6.45) is 0. The van der Waals surface area contributed by atoms with Crippen LogP contribution in [0.2, 0.25) is 5.02 Å². The highest BCUT2D eigenvalue weighted by molar-refractivity contribution is 7.80. The van der Waals surface area contributed by atoms with Gasteiger partial charge in [0.15, 0.2) is 5.11 Å². The van der Waals surface area contributed by atoms with Crippen molar-refractivity contribution >= 4 is 51.5 Å². The van der Waals surface area contributed by atoms with Gasteiger partial charge in [0.2, 0.25) is 0 Å². The van der Waals surface area contributed by atoms with Crippen molar-refractivity contribution in [1.29, 1.82) is 0 Å². The normalized spacial score (nSPS) is 10.6. The molecule has 2 N–H and O–H groups in total. The van der Waals surface area contributed by atoms with Gasteiger partial charge >= 0.3 is 5.63 Å². The van der Waals surface area contributed by atoms with Gasteiger partial charge in [-0.1, -0.05) is 35.9 Å². The molecule has 0 radical (unpaired) electrons. The molecule has 33 heavy (non-hydrogen) atoms. The molecule has 0 aliphatic carbocycles. The van der Waals surface area contributed by atoms with Gasteiger partial charge in [0, 0.05) is 33.3 Å². The lowest BCUT2D eigenvalue weighted by Gasteiger charge is -2.13. The second-order valence-corrected chi connectivity index (χ2v) is 8.09. The van der Waals surface area contributed by atoms with Crippen LogP contribution in [0.5, 0.6) is 5.75 Å². The molecule has 8 heteroatoms. The number of hydrogen-bond donors (Lipinski definition) is 2. The third-order valence-electron chi connectivity index (χ3n) is 5.05. The zero-order chi connectivity index (χ0) is 23.5. The Morgan fingerprint density at radius 3 is 2.58 bits per heavy atom. The molecule has 0 unspecified atom stereocenters. The van der Waals surface area contributed by atoms with Crippen molar-refractivity contribution in [1.82, 2.24) is 5.32 Å². The van der Waals surface area contributed by atoms with E-state index in [1.165, 1.54) is 7.11 Å². The van der Waals surface area contributed by atoms with E-state index in [0.717, 1.165) is 10.9 Å². The number of para-hydroxylation sites is 1. The first-order valence-electron chi connectivity index (χ1n) is 9.95. The number of fused-ring (bicyclic) bond motifs is 1. The number of carbonyl (C=O) groups excluding carboxylic acids is 1. The van der Waals surface area contributed by atoms with E-state index in [2.05, 4.69) is 10.6 Å². The second kappa shape index (κ2) is 9.44. The summed E-state index contributed by atoms with van der Waals surface area (Å²) in [6.45, 7) is 1.86. The Balaban J connectivity index is 1.55. The fourth-order valence-corrected chi connectivity index (χ4v) is 3.70. The lowest BCUT2D eigenvalue weighted by atomic mass is 10.0. The minimum Gasteiger partial charge on any atom is -0.496 e. The molecule has 4 aromatic rings. The number of rotatable bonds is 4. The predicted octanol–water partition coefficient (Wildman–Crippen LogP) is 5.56. The molecule has 0 saturated heterocycles. The number of carbonyl (C=O) groups is 1. The lowest BCUT2D eigenvalue weighted by Crippen LogP contribution is -2.34. The summed E-state index contributed by atoms with van der Waals surface area (Å²) in [5, 5.41) is 6.98. The first-order chi connectivity index (χ1) is 15.9. The summed E-state index contributed by atoms with van der Waals surface area (Å²) in [5.74, 6) is 0.0637. The van der Waals surface area contributed by atoms with E-state index in [1.807, 2.05) is 19.1 Å². The molecule has 0 aliphatic heterocycles. The molecule has 166 valence electrons. The molecule has 6 nitrogen and oxygen atoms in total. The van der Waals surface area contributed by atoms with E-state index >= 15 is 0 Å². The molecule has 0 atom stereocenters. The molecule has 0 saturated carbocycles. The highest BCUT2D eigenvalue weighted by Gasteiger charge is 2.15. The number of methoxy groups -OCH3 is 1. The first kappa shape index (κ1) is 22.5. The van der Waals surface area contributed by atoms with Gasteiger partial charge in [0.05, 0.1) is 12.7 Å². The van der Waals surface area contributed by atoms with Crippen LogP contribution in [0.25, 0.3) is 22.1 Å². The summed E-state index contributed by atoms with van der Waals surface area (Å²) in [5.41, 5.74) is 2.85. The van der Waals surface area contributed by atoms with Crippen molar-refractivity contribution in [2.45, 2.75) is 6.92 Å². The molecule has 1 heterocycles. The van der Waals surface area contributed by atoms with Crippen LogP contribution in [0.1, 0.15) is 15.9 Å². The van der Waals surface area contributed by atoms with E-state index in [4.69, 9.17) is 33.0 Å². The van der Waals surface area contributed by atoms with Crippen molar-refractivity contribution in [2.24, 2.45) is 0 Å². The van der Waals surface area contributed by atoms with Crippen molar-refractivity contribution in [3.05, 3.63) is 93.3 Å². The SMILES string of the molecule is COc1cc(NC(=S)NC(=O)c2ccc(C)c(Cl)c2)ccc1-c1cc2ccccc2oc1=O. The number of anilines is 1. The predicted molar refractivity (Wildman–Crippen MR) is 134 cm³/mol. The molecule has 0 aliphatic rings. The smallest absolute Gasteiger partial charge is 0.344 e. The maximum absolute atomic E-state index is 12.5. The van der Waals surface area contributed by atoms with Gasteiger partial charge in [-0.15, -0.1) is 0 Å². The van der Waals surface area contributed by atoms with E-state index in [1.54, 1.807) is 54.6 Å². The molecule has 1 amide bonds. The maximum atomic E-state index is 12.5. The zero-order valence-electron chi connectivity index (χ0n) is 17.8. The quantitative estimate of drug-likeness (QED) is 0.295. The van der Waals surface area contributed by atoms with Crippen LogP contribution in [0.4, 0.5) is 5.69 Å². The monoisotopic (exact) mass is 478 g/mol. The van der Waals surface area contributed by atoms with Crippen LogP contribution in [-0.2, 0) is 0 Å². The van der Waals surface area contributed by atoms with E-state index < -0.39 is 5.63 Å². The number of hydrogen-bond acceptors (Lipinski definition) is 5. The number of amides is 1. The van der Waals surface area contributed by atoms with Crippen LogP contribution in [0.15, 0.2) is 75.9 Å². The van der Waals surface area contributed by atoms with E-state index in [9.17, 15) is 9.59 Å². The Kier molecular flexibility index (Phi) is 6.44. The number of nitrogens with one attached hydrogen (secondary N) is 2. The highest BCUT2D eigenvalue weighted by atomic mass is 35.5. The van der Waals surface area contributed by atoms with Gasteiger partial charge in [-0.25, -0.2) is 4.79 Å². The minimum atomic E-state index is -0.466. The third-order valence-corrected chi connectivity index (χ3v) is 5.66. The highest BCUT2D eigenvalue weighted by Crippen LogP contribution is 2.32. The molecular weight excluding hydrogens is 460 g/mol. The van der Waals surface area contributed by atoms with Crippen LogP contribution in [-0.4, -0.2) is 18.1 Å². The molecule has 3 aromatic carbocycles. The van der Waals surface area contributed by atoms with Crippen LogP contribution >= 0.6 is 23.8 Å². The van der Waals surface area contributed by atoms with E-state index in [-0.39, 0.29) is 11.0 Å². The van der Waals surface area contributed by atoms with Gasteiger partial charge < -0.3 is 14.5 Å². The largest absolute Gasteiger partial charge is 0.496 e. The molecular formula is C25H19ClN2O4S. The van der Waals surface area contributed by atoms with Crippen LogP contribution in [0, 0.1) is 6.92 Å². The third kappa shape index (κ3) is 4.89. The average molecular weight is 479 g/mol. The Morgan fingerprint density at radius 1 is 1.03 bits per heavy atom. The number of halogens is 1. The summed E-state index contributed by atoms with van der Waals surface area (Å²) in [4.78, 5) is 25.0. The fraction of sp³-hybridized carbons (Fsp3) is 0.0800. The van der Waals surface area contributed by atoms with Crippen molar-refractivity contribution in [3.8, 4) is 16.9 Å². The van der Waals surface area contributed by atoms with Gasteiger partial charge in [0.25, 0.3) is 5.91 Å². The van der Waals surface area contributed by atoms with Crippen molar-refractivity contribution < 1.29 is 13.9 Å². The Bertz CT molecular complexity index is 1450. The summed E-state index contributed by atoms with van der Waals surface area (Å²) < 4.78 is 10.9. The molecule has 1 aromatic heterocycles. The standard InChI is InChI=1S/C25H19ClN2O4S/c1-14-7-8-16(12-20(14)26)23(29)28-25(33)27-17-9-10-18(22(13-17)31-2)19-11-15-5-3-4-6-21(15)32-24(19)30/h3-13H,1-2H3,(H2,27,28,29,33). The lowest BCUT2D eigenvalue weighted by molar-refractivity contribution is 0.0977. The molecule has 0 fully saturated rings. The van der Waals surface area contributed by atoms with Crippen LogP contribution < -0.4 is 21.0 Å². The number of ether oxygens (including phenoxy) is 1. The summed E-state index contributed by atoms with van der Waals surface area (Å²) in [7, 11) is 1.51. The van der Waals surface area contributed by atoms with E-state index in [0.29, 0.717) is 38.7 Å². The average Bonchev–Trinajstić information content (AvgIpc) is 2.80. The number of thiocarbonyl (C=S) groups is 1. The Hall–Kier alpha value is -3.68. The van der Waals surface area contributed by atoms with Crippen molar-refractivity contribution in [2.75, 3.05) is 12.4 Å². The molecule has 0 bridgehead atoms. The Labute approximate surface area is 200 Å². The topological polar surface area (TPSA) is 80.6 Å². The first-order valence-corrected chi connectivity index (χ1v) is 10.7. The second-order valence-electron chi connectivity index (χ2n) is 7.27. The van der Waals surface area contributed by atoms with Gasteiger partial charge in [-0.2, -0.15) is 0 Å². The molecule has 4 rings (SSSR count).